The molecule has 0 aliphatic carbocycles. The highest BCUT2D eigenvalue weighted by atomic mass is 16.5. The SMILES string of the molecule is CCNC(CO)CCOC(C)CC. The van der Waals surface area contributed by atoms with Gasteiger partial charge in [0.05, 0.1) is 12.7 Å². The Hall–Kier alpha value is -0.120. The van der Waals surface area contributed by atoms with Crippen LogP contribution in [0.1, 0.15) is 33.6 Å². The molecule has 2 unspecified atom stereocenters. The van der Waals surface area contributed by atoms with Crippen LogP contribution >= 0.6 is 0 Å². The van der Waals surface area contributed by atoms with Gasteiger partial charge in [-0.05, 0) is 26.3 Å². The van der Waals surface area contributed by atoms with Crippen LogP contribution in [-0.2, 0) is 4.74 Å². The first-order chi connectivity index (χ1) is 6.24. The van der Waals surface area contributed by atoms with Gasteiger partial charge in [0, 0.05) is 12.6 Å². The van der Waals surface area contributed by atoms with Crippen LogP contribution in [0.4, 0.5) is 0 Å². The minimum Gasteiger partial charge on any atom is -0.395 e. The van der Waals surface area contributed by atoms with E-state index in [1.807, 2.05) is 6.92 Å². The molecule has 0 bridgehead atoms. The lowest BCUT2D eigenvalue weighted by atomic mass is 10.2. The molecule has 0 aromatic heterocycles. The Morgan fingerprint density at radius 2 is 2.08 bits per heavy atom. The Labute approximate surface area is 81.5 Å². The second-order valence-corrected chi connectivity index (χ2v) is 3.32. The molecular formula is C10H23NO2. The van der Waals surface area contributed by atoms with Crippen LogP contribution in [0.15, 0.2) is 0 Å². The number of nitrogens with one attached hydrogen (secondary N) is 1. The maximum atomic E-state index is 8.96. The summed E-state index contributed by atoms with van der Waals surface area (Å²) in [4.78, 5) is 0. The van der Waals surface area contributed by atoms with Crippen molar-refractivity contribution < 1.29 is 9.84 Å². The van der Waals surface area contributed by atoms with Gasteiger partial charge in [-0.3, -0.25) is 0 Å². The van der Waals surface area contributed by atoms with Gasteiger partial charge in [0.25, 0.3) is 0 Å². The van der Waals surface area contributed by atoms with E-state index in [1.165, 1.54) is 0 Å². The predicted molar refractivity (Wildman–Crippen MR) is 54.9 cm³/mol. The van der Waals surface area contributed by atoms with E-state index in [0.717, 1.165) is 26.0 Å². The second-order valence-electron chi connectivity index (χ2n) is 3.32. The largest absolute Gasteiger partial charge is 0.395 e. The molecule has 0 rings (SSSR count). The van der Waals surface area contributed by atoms with Crippen LogP contribution in [0.5, 0.6) is 0 Å². The van der Waals surface area contributed by atoms with Crippen molar-refractivity contribution in [2.45, 2.75) is 45.8 Å². The minimum absolute atomic E-state index is 0.189. The van der Waals surface area contributed by atoms with E-state index in [0.29, 0.717) is 6.10 Å². The first-order valence-electron chi connectivity index (χ1n) is 5.20. The van der Waals surface area contributed by atoms with Crippen molar-refractivity contribution in [3.63, 3.8) is 0 Å². The Kier molecular flexibility index (Phi) is 8.40. The van der Waals surface area contributed by atoms with E-state index >= 15 is 0 Å². The quantitative estimate of drug-likeness (QED) is 0.602. The zero-order valence-corrected chi connectivity index (χ0v) is 9.05. The molecule has 0 aromatic carbocycles. The molecule has 0 heterocycles. The molecule has 0 saturated carbocycles. The number of aliphatic hydroxyl groups excluding tert-OH is 1. The first-order valence-corrected chi connectivity index (χ1v) is 5.20. The summed E-state index contributed by atoms with van der Waals surface area (Å²) in [7, 11) is 0. The number of aliphatic hydroxyl groups is 1. The lowest BCUT2D eigenvalue weighted by Crippen LogP contribution is -2.33. The average molecular weight is 189 g/mol. The minimum atomic E-state index is 0.189. The highest BCUT2D eigenvalue weighted by Gasteiger charge is 2.05. The van der Waals surface area contributed by atoms with Crippen LogP contribution < -0.4 is 5.32 Å². The molecule has 0 saturated heterocycles. The fourth-order valence-corrected chi connectivity index (χ4v) is 1.08. The lowest BCUT2D eigenvalue weighted by molar-refractivity contribution is 0.0529. The van der Waals surface area contributed by atoms with Gasteiger partial charge in [0.1, 0.15) is 0 Å². The van der Waals surface area contributed by atoms with Crippen molar-refractivity contribution >= 4 is 0 Å². The monoisotopic (exact) mass is 189 g/mol. The normalized spacial score (nSPS) is 15.7. The zero-order chi connectivity index (χ0) is 10.1. The topological polar surface area (TPSA) is 41.5 Å². The molecule has 2 N–H and O–H groups in total. The number of ether oxygens (including phenoxy) is 1. The molecule has 3 nitrogen and oxygen atoms in total. The Balaban J connectivity index is 3.37. The van der Waals surface area contributed by atoms with E-state index in [4.69, 9.17) is 9.84 Å². The van der Waals surface area contributed by atoms with Crippen LogP contribution in [0.3, 0.4) is 0 Å². The molecule has 80 valence electrons. The Morgan fingerprint density at radius 1 is 1.38 bits per heavy atom. The summed E-state index contributed by atoms with van der Waals surface area (Å²) in [6.07, 6.45) is 2.26. The Morgan fingerprint density at radius 3 is 2.54 bits per heavy atom. The zero-order valence-electron chi connectivity index (χ0n) is 9.05. The fourth-order valence-electron chi connectivity index (χ4n) is 1.08. The molecular weight excluding hydrogens is 166 g/mol. The van der Waals surface area contributed by atoms with E-state index in [-0.39, 0.29) is 12.6 Å². The third-order valence-corrected chi connectivity index (χ3v) is 2.16. The molecule has 0 amide bonds. The van der Waals surface area contributed by atoms with Crippen molar-refractivity contribution in [1.29, 1.82) is 0 Å². The smallest absolute Gasteiger partial charge is 0.0585 e. The first kappa shape index (κ1) is 12.9. The van der Waals surface area contributed by atoms with E-state index in [1.54, 1.807) is 0 Å². The van der Waals surface area contributed by atoms with Crippen molar-refractivity contribution in [2.24, 2.45) is 0 Å². The fraction of sp³-hybridized carbons (Fsp3) is 1.00. The molecule has 0 spiro atoms. The van der Waals surface area contributed by atoms with E-state index < -0.39 is 0 Å². The summed E-state index contributed by atoms with van der Waals surface area (Å²) in [5.41, 5.74) is 0. The Bertz CT molecular complexity index is 109. The molecule has 3 heteroatoms. The van der Waals surface area contributed by atoms with Crippen molar-refractivity contribution in [2.75, 3.05) is 19.8 Å². The van der Waals surface area contributed by atoms with E-state index in [9.17, 15) is 0 Å². The van der Waals surface area contributed by atoms with Crippen molar-refractivity contribution in [3.8, 4) is 0 Å². The van der Waals surface area contributed by atoms with E-state index in [2.05, 4.69) is 19.2 Å². The average Bonchev–Trinajstić information content (AvgIpc) is 2.16. The van der Waals surface area contributed by atoms with Gasteiger partial charge in [0.2, 0.25) is 0 Å². The van der Waals surface area contributed by atoms with Gasteiger partial charge in [-0.1, -0.05) is 13.8 Å². The summed E-state index contributed by atoms with van der Waals surface area (Å²) < 4.78 is 5.52. The third kappa shape index (κ3) is 6.99. The molecule has 2 atom stereocenters. The standard InChI is InChI=1S/C10H23NO2/c1-4-9(3)13-7-6-10(8-12)11-5-2/h9-12H,4-8H2,1-3H3. The third-order valence-electron chi connectivity index (χ3n) is 2.16. The van der Waals surface area contributed by atoms with Gasteiger partial charge in [-0.25, -0.2) is 0 Å². The highest BCUT2D eigenvalue weighted by Crippen LogP contribution is 1.99. The molecule has 0 aromatic rings. The van der Waals surface area contributed by atoms with Crippen LogP contribution in [0.2, 0.25) is 0 Å². The maximum Gasteiger partial charge on any atom is 0.0585 e. The van der Waals surface area contributed by atoms with Gasteiger partial charge in [-0.15, -0.1) is 0 Å². The molecule has 0 aliphatic rings. The number of rotatable bonds is 8. The second kappa shape index (κ2) is 8.48. The summed E-state index contributed by atoms with van der Waals surface area (Å²) in [6.45, 7) is 8.04. The van der Waals surface area contributed by atoms with Crippen LogP contribution in [0, 0.1) is 0 Å². The lowest BCUT2D eigenvalue weighted by Gasteiger charge is -2.16. The summed E-state index contributed by atoms with van der Waals surface area (Å²) in [5.74, 6) is 0. The van der Waals surface area contributed by atoms with Crippen LogP contribution in [-0.4, -0.2) is 37.0 Å². The van der Waals surface area contributed by atoms with Gasteiger partial charge < -0.3 is 15.2 Å². The van der Waals surface area contributed by atoms with Gasteiger partial charge in [-0.2, -0.15) is 0 Å². The summed E-state index contributed by atoms with van der Waals surface area (Å²) >= 11 is 0. The molecule has 13 heavy (non-hydrogen) atoms. The predicted octanol–water partition coefficient (Wildman–Crippen LogP) is 1.16. The summed E-state index contributed by atoms with van der Waals surface area (Å²) in [5, 5.41) is 12.2. The van der Waals surface area contributed by atoms with Crippen LogP contribution in [0.25, 0.3) is 0 Å². The van der Waals surface area contributed by atoms with Gasteiger partial charge in [0.15, 0.2) is 0 Å². The van der Waals surface area contributed by atoms with Crippen molar-refractivity contribution in [3.05, 3.63) is 0 Å². The molecule has 0 radical (unpaired) electrons. The summed E-state index contributed by atoms with van der Waals surface area (Å²) in [6, 6.07) is 0.189. The highest BCUT2D eigenvalue weighted by molar-refractivity contribution is 4.63. The number of hydrogen-bond donors (Lipinski definition) is 2. The van der Waals surface area contributed by atoms with Gasteiger partial charge >= 0.3 is 0 Å². The number of hydrogen-bond acceptors (Lipinski definition) is 3. The maximum absolute atomic E-state index is 8.96. The number of likely N-dealkylation sites (N-methyl/N-ethyl adjacent to an activating group) is 1. The molecule has 0 aliphatic heterocycles. The van der Waals surface area contributed by atoms with Crippen molar-refractivity contribution in [1.82, 2.24) is 5.32 Å². The molecule has 0 fully saturated rings.